The van der Waals surface area contributed by atoms with E-state index in [0.29, 0.717) is 0 Å². The first-order valence-electron chi connectivity index (χ1n) is 8.93. The number of nitrogen functional groups attached to an aromatic ring is 1. The van der Waals surface area contributed by atoms with Crippen molar-refractivity contribution in [1.29, 1.82) is 0 Å². The van der Waals surface area contributed by atoms with Crippen molar-refractivity contribution in [3.63, 3.8) is 0 Å². The predicted molar refractivity (Wildman–Crippen MR) is 111 cm³/mol. The first-order chi connectivity index (χ1) is 15.0. The smallest absolute Gasteiger partial charge is 0.340 e. The van der Waals surface area contributed by atoms with Gasteiger partial charge in [-0.2, -0.15) is 8.42 Å². The van der Waals surface area contributed by atoms with Gasteiger partial charge in [0.05, 0.1) is 28.2 Å². The number of halogens is 1. The molecule has 0 radical (unpaired) electrons. The van der Waals surface area contributed by atoms with E-state index < -0.39 is 55.2 Å². The highest BCUT2D eigenvalue weighted by Crippen LogP contribution is 2.40. The van der Waals surface area contributed by atoms with Crippen molar-refractivity contribution < 1.29 is 36.9 Å². The zero-order valence-electron chi connectivity index (χ0n) is 15.9. The number of carboxylic acids is 1. The van der Waals surface area contributed by atoms with Gasteiger partial charge in [0.15, 0.2) is 11.6 Å². The number of anilines is 3. The molecule has 4 rings (SSSR count). The molecule has 9 nitrogen and oxygen atoms in total. The molecule has 0 unspecified atom stereocenters. The Bertz CT molecular complexity index is 1470. The van der Waals surface area contributed by atoms with Gasteiger partial charge in [-0.15, -0.1) is 0 Å². The molecule has 1 aliphatic rings. The molecule has 11 heteroatoms. The van der Waals surface area contributed by atoms with Gasteiger partial charge in [0, 0.05) is 11.1 Å². The molecule has 0 aliphatic heterocycles. The van der Waals surface area contributed by atoms with Crippen LogP contribution in [-0.4, -0.2) is 35.6 Å². The summed E-state index contributed by atoms with van der Waals surface area (Å²) >= 11 is 0. The number of fused-ring (bicyclic) bond motifs is 2. The zero-order chi connectivity index (χ0) is 23.4. The SMILES string of the molecule is Nc1c(S(=O)(=O)O)cc(Nc2cccc(F)c2C(=O)O)c2c1C(=O)c1ccccc1C2=O. The first kappa shape index (κ1) is 21.2. The normalized spacial score (nSPS) is 12.8. The van der Waals surface area contributed by atoms with Gasteiger partial charge >= 0.3 is 5.97 Å². The third-order valence-corrected chi connectivity index (χ3v) is 5.87. The van der Waals surface area contributed by atoms with Crippen LogP contribution in [0, 0.1) is 5.82 Å². The Morgan fingerprint density at radius 1 is 0.938 bits per heavy atom. The van der Waals surface area contributed by atoms with Gasteiger partial charge in [0.25, 0.3) is 10.1 Å². The van der Waals surface area contributed by atoms with Gasteiger partial charge in [-0.25, -0.2) is 9.18 Å². The molecule has 0 saturated carbocycles. The number of ketones is 2. The molecule has 0 spiro atoms. The fourth-order valence-corrected chi connectivity index (χ4v) is 4.24. The number of carbonyl (C=O) groups excluding carboxylic acids is 2. The zero-order valence-corrected chi connectivity index (χ0v) is 16.7. The predicted octanol–water partition coefficient (Wildman–Crippen LogP) is 2.87. The summed E-state index contributed by atoms with van der Waals surface area (Å²) in [6.07, 6.45) is 0. The molecule has 0 amide bonds. The Labute approximate surface area is 180 Å². The molecule has 0 fully saturated rings. The molecule has 0 heterocycles. The summed E-state index contributed by atoms with van der Waals surface area (Å²) in [6.45, 7) is 0. The largest absolute Gasteiger partial charge is 0.478 e. The van der Waals surface area contributed by atoms with Crippen LogP contribution >= 0.6 is 0 Å². The summed E-state index contributed by atoms with van der Waals surface area (Å²) in [4.78, 5) is 37.0. The lowest BCUT2D eigenvalue weighted by Crippen LogP contribution is -2.25. The lowest BCUT2D eigenvalue weighted by molar-refractivity contribution is 0.0692. The number of nitrogens with two attached hydrogens (primary N) is 1. The number of aromatic carboxylic acids is 1. The summed E-state index contributed by atoms with van der Waals surface area (Å²) in [5.41, 5.74) is 2.98. The molecule has 3 aromatic rings. The molecule has 5 N–H and O–H groups in total. The van der Waals surface area contributed by atoms with E-state index in [9.17, 15) is 36.9 Å². The lowest BCUT2D eigenvalue weighted by atomic mass is 9.82. The van der Waals surface area contributed by atoms with Crippen LogP contribution in [-0.2, 0) is 10.1 Å². The van der Waals surface area contributed by atoms with Crippen LogP contribution < -0.4 is 11.1 Å². The van der Waals surface area contributed by atoms with Crippen molar-refractivity contribution >= 4 is 44.7 Å². The number of hydrogen-bond acceptors (Lipinski definition) is 7. The molecule has 162 valence electrons. The monoisotopic (exact) mass is 456 g/mol. The third-order valence-electron chi connectivity index (χ3n) is 4.97. The van der Waals surface area contributed by atoms with Gasteiger partial charge in [0.2, 0.25) is 0 Å². The van der Waals surface area contributed by atoms with Gasteiger partial charge in [-0.1, -0.05) is 30.3 Å². The molecule has 1 aliphatic carbocycles. The highest BCUT2D eigenvalue weighted by Gasteiger charge is 2.36. The minimum absolute atomic E-state index is 0.0183. The van der Waals surface area contributed by atoms with E-state index in [-0.39, 0.29) is 28.1 Å². The molecule has 32 heavy (non-hydrogen) atoms. The summed E-state index contributed by atoms with van der Waals surface area (Å²) in [5.74, 6) is -4.18. The van der Waals surface area contributed by atoms with Crippen molar-refractivity contribution in [1.82, 2.24) is 0 Å². The minimum atomic E-state index is -4.95. The van der Waals surface area contributed by atoms with Gasteiger partial charge < -0.3 is 16.2 Å². The Hall–Kier alpha value is -4.09. The van der Waals surface area contributed by atoms with Crippen molar-refractivity contribution in [2.45, 2.75) is 4.90 Å². The van der Waals surface area contributed by atoms with Gasteiger partial charge in [-0.05, 0) is 18.2 Å². The van der Waals surface area contributed by atoms with Crippen LogP contribution in [0.1, 0.15) is 42.2 Å². The maximum atomic E-state index is 14.1. The molecule has 0 aromatic heterocycles. The Morgan fingerprint density at radius 2 is 1.53 bits per heavy atom. The van der Waals surface area contributed by atoms with Crippen LogP contribution in [0.5, 0.6) is 0 Å². The van der Waals surface area contributed by atoms with Crippen LogP contribution in [0.4, 0.5) is 21.5 Å². The first-order valence-corrected chi connectivity index (χ1v) is 10.4. The molecule has 0 saturated heterocycles. The summed E-state index contributed by atoms with van der Waals surface area (Å²) < 4.78 is 47.5. The highest BCUT2D eigenvalue weighted by atomic mass is 32.2. The number of hydrogen-bond donors (Lipinski definition) is 4. The van der Waals surface area contributed by atoms with E-state index in [4.69, 9.17) is 5.73 Å². The van der Waals surface area contributed by atoms with Gasteiger partial charge in [0.1, 0.15) is 16.3 Å². The van der Waals surface area contributed by atoms with Gasteiger partial charge in [-0.3, -0.25) is 14.1 Å². The number of carbonyl (C=O) groups is 3. The Kier molecular flexibility index (Phi) is 4.79. The van der Waals surface area contributed by atoms with Crippen LogP contribution in [0.15, 0.2) is 53.4 Å². The summed E-state index contributed by atoms with van der Waals surface area (Å²) in [6, 6.07) is 9.85. The third kappa shape index (κ3) is 3.20. The topological polar surface area (TPSA) is 164 Å². The Morgan fingerprint density at radius 3 is 2.09 bits per heavy atom. The average molecular weight is 456 g/mol. The van der Waals surface area contributed by atoms with E-state index in [2.05, 4.69) is 5.32 Å². The fourth-order valence-electron chi connectivity index (χ4n) is 3.60. The van der Waals surface area contributed by atoms with E-state index >= 15 is 0 Å². The molecular weight excluding hydrogens is 443 g/mol. The van der Waals surface area contributed by atoms with E-state index in [1.807, 2.05) is 0 Å². The minimum Gasteiger partial charge on any atom is -0.478 e. The fraction of sp³-hybridized carbons (Fsp3) is 0. The lowest BCUT2D eigenvalue weighted by Gasteiger charge is -2.24. The summed E-state index contributed by atoms with van der Waals surface area (Å²) in [7, 11) is -4.95. The number of nitrogens with one attached hydrogen (secondary N) is 1. The van der Waals surface area contributed by atoms with Crippen LogP contribution in [0.25, 0.3) is 0 Å². The standard InChI is InChI=1S/C21H13FN2O7S/c22-11-6-3-7-12(15(11)21(27)28)24-13-8-14(32(29,30)31)18(23)17-16(13)19(25)9-4-1-2-5-10(9)20(17)26/h1-8,24H,23H2,(H,27,28)(H,29,30,31). The van der Waals surface area contributed by atoms with E-state index in [1.165, 1.54) is 36.4 Å². The molecule has 0 atom stereocenters. The summed E-state index contributed by atoms with van der Waals surface area (Å²) in [5, 5.41) is 11.9. The number of rotatable bonds is 4. The van der Waals surface area contributed by atoms with Crippen molar-refractivity contribution in [2.24, 2.45) is 0 Å². The second-order valence-electron chi connectivity index (χ2n) is 6.86. The van der Waals surface area contributed by atoms with E-state index in [1.54, 1.807) is 0 Å². The maximum absolute atomic E-state index is 14.1. The van der Waals surface area contributed by atoms with Crippen molar-refractivity contribution in [3.8, 4) is 0 Å². The van der Waals surface area contributed by atoms with Crippen LogP contribution in [0.3, 0.4) is 0 Å². The van der Waals surface area contributed by atoms with E-state index in [0.717, 1.165) is 12.1 Å². The second kappa shape index (κ2) is 7.25. The Balaban J connectivity index is 2.05. The number of carboxylic acid groups (broad SMARTS) is 1. The van der Waals surface area contributed by atoms with Crippen molar-refractivity contribution in [2.75, 3.05) is 11.1 Å². The number of benzene rings is 3. The van der Waals surface area contributed by atoms with Crippen LogP contribution in [0.2, 0.25) is 0 Å². The average Bonchev–Trinajstić information content (AvgIpc) is 2.72. The molecular formula is C21H13FN2O7S. The maximum Gasteiger partial charge on any atom is 0.340 e. The highest BCUT2D eigenvalue weighted by molar-refractivity contribution is 7.86. The van der Waals surface area contributed by atoms with Crippen molar-refractivity contribution in [3.05, 3.63) is 82.2 Å². The second-order valence-corrected chi connectivity index (χ2v) is 8.25. The molecule has 3 aromatic carbocycles. The quantitative estimate of drug-likeness (QED) is 0.267. The molecule has 0 bridgehead atoms.